The molecule has 392 valence electrons. The van der Waals surface area contributed by atoms with Gasteiger partial charge in [-0.15, -0.1) is 0 Å². The second-order valence-electron chi connectivity index (χ2n) is 18.6. The van der Waals surface area contributed by atoms with Crippen LogP contribution in [0.3, 0.4) is 0 Å². The number of pyridine rings is 6. The number of hydrogen-bond donors (Lipinski definition) is 4. The summed E-state index contributed by atoms with van der Waals surface area (Å²) in [6, 6.07) is 32.4. The lowest BCUT2D eigenvalue weighted by Gasteiger charge is -2.29. The van der Waals surface area contributed by atoms with Gasteiger partial charge in [0.25, 0.3) is 0 Å². The number of anilines is 6. The highest BCUT2D eigenvalue weighted by Crippen LogP contribution is 2.42. The Labute approximate surface area is 445 Å². The molecule has 0 aliphatic carbocycles. The van der Waals surface area contributed by atoms with Crippen molar-refractivity contribution in [2.45, 2.75) is 13.8 Å². The number of fused-ring (bicyclic) bond motifs is 2. The molecular weight excluding hydrogens is 1000 g/mol. The number of morpholine rings is 2. The lowest BCUT2D eigenvalue weighted by Crippen LogP contribution is -2.36. The summed E-state index contributed by atoms with van der Waals surface area (Å²) in [7, 11) is 0. The van der Waals surface area contributed by atoms with Crippen molar-refractivity contribution in [1.29, 1.82) is 0 Å². The quantitative estimate of drug-likeness (QED) is 0.0956. The molecule has 14 nitrogen and oxygen atoms in total. The average Bonchev–Trinajstić information content (AvgIpc) is 3.58. The van der Waals surface area contributed by atoms with Gasteiger partial charge in [-0.1, -0.05) is 12.1 Å². The lowest BCUT2D eigenvalue weighted by molar-refractivity contribution is 0.122. The number of benzene rings is 4. The van der Waals surface area contributed by atoms with E-state index in [9.17, 15) is 19.0 Å². The van der Waals surface area contributed by atoms with Crippen molar-refractivity contribution in [3.8, 4) is 56.8 Å². The summed E-state index contributed by atoms with van der Waals surface area (Å²) in [5, 5.41) is 26.9. The molecule has 0 atom stereocenters. The molecule has 12 rings (SSSR count). The van der Waals surface area contributed by atoms with Crippen LogP contribution in [-0.4, -0.2) is 92.7 Å². The number of ether oxygens (including phenoxy) is 2. The molecule has 0 radical (unpaired) electrons. The third-order valence-electron chi connectivity index (χ3n) is 13.6. The Morgan fingerprint density at radius 2 is 0.872 bits per heavy atom. The molecular formula is C60H50F4N10O4. The fraction of sp³-hybridized carbons (Fsp3) is 0.167. The lowest BCUT2D eigenvalue weighted by atomic mass is 10.0. The van der Waals surface area contributed by atoms with Crippen LogP contribution in [-0.2, 0) is 9.47 Å². The molecule has 6 aromatic heterocycles. The van der Waals surface area contributed by atoms with Gasteiger partial charge in [-0.25, -0.2) is 27.5 Å². The molecule has 18 heteroatoms. The van der Waals surface area contributed by atoms with Crippen molar-refractivity contribution < 1.29 is 37.2 Å². The molecule has 2 aliphatic heterocycles. The zero-order chi connectivity index (χ0) is 53.9. The molecule has 2 aliphatic rings. The molecule has 8 heterocycles. The summed E-state index contributed by atoms with van der Waals surface area (Å²) in [6.45, 7) is 8.98. The highest BCUT2D eigenvalue weighted by Gasteiger charge is 2.24. The Morgan fingerprint density at radius 3 is 1.24 bits per heavy atom. The van der Waals surface area contributed by atoms with E-state index in [1.807, 2.05) is 50.2 Å². The second-order valence-corrected chi connectivity index (χ2v) is 18.6. The number of hydrogen-bond acceptors (Lipinski definition) is 14. The van der Waals surface area contributed by atoms with Gasteiger partial charge in [0.2, 0.25) is 0 Å². The van der Waals surface area contributed by atoms with Crippen molar-refractivity contribution in [3.05, 3.63) is 181 Å². The van der Waals surface area contributed by atoms with E-state index >= 15 is 8.78 Å². The summed E-state index contributed by atoms with van der Waals surface area (Å²) in [4.78, 5) is 31.9. The summed E-state index contributed by atoms with van der Waals surface area (Å²) in [6.07, 6.45) is 6.90. The Hall–Kier alpha value is -9.26. The summed E-state index contributed by atoms with van der Waals surface area (Å²) >= 11 is 0. The first-order valence-electron chi connectivity index (χ1n) is 25.2. The van der Waals surface area contributed by atoms with Gasteiger partial charge in [0, 0.05) is 85.1 Å². The number of rotatable bonds is 10. The van der Waals surface area contributed by atoms with Crippen molar-refractivity contribution in [1.82, 2.24) is 29.9 Å². The van der Waals surface area contributed by atoms with E-state index in [0.29, 0.717) is 121 Å². The van der Waals surface area contributed by atoms with E-state index in [4.69, 9.17) is 19.4 Å². The molecule has 0 saturated carbocycles. The van der Waals surface area contributed by atoms with Gasteiger partial charge in [0.05, 0.1) is 129 Å². The van der Waals surface area contributed by atoms with E-state index in [2.05, 4.69) is 40.4 Å². The zero-order valence-electron chi connectivity index (χ0n) is 42.3. The van der Waals surface area contributed by atoms with Gasteiger partial charge >= 0.3 is 0 Å². The van der Waals surface area contributed by atoms with Crippen LogP contribution in [0.1, 0.15) is 11.1 Å². The van der Waals surface area contributed by atoms with Gasteiger partial charge in [-0.05, 0) is 98.8 Å². The number of phenolic OH excluding ortho intramolecular Hbond substituents is 2. The highest BCUT2D eigenvalue weighted by atomic mass is 19.1. The van der Waals surface area contributed by atoms with Crippen LogP contribution in [0.5, 0.6) is 11.5 Å². The maximum atomic E-state index is 15.4. The number of phenols is 2. The van der Waals surface area contributed by atoms with Crippen molar-refractivity contribution in [2.75, 3.05) is 73.0 Å². The monoisotopic (exact) mass is 1050 g/mol. The third-order valence-corrected chi connectivity index (χ3v) is 13.6. The topological polar surface area (TPSA) is 167 Å². The minimum atomic E-state index is -0.723. The Morgan fingerprint density at radius 1 is 0.474 bits per heavy atom. The van der Waals surface area contributed by atoms with E-state index in [-0.39, 0.29) is 33.3 Å². The molecule has 4 aromatic carbocycles. The van der Waals surface area contributed by atoms with Crippen molar-refractivity contribution in [3.63, 3.8) is 0 Å². The predicted molar refractivity (Wildman–Crippen MR) is 295 cm³/mol. The van der Waals surface area contributed by atoms with Gasteiger partial charge in [0.1, 0.15) is 34.8 Å². The molecule has 78 heavy (non-hydrogen) atoms. The first-order valence-corrected chi connectivity index (χ1v) is 25.2. The predicted octanol–water partition coefficient (Wildman–Crippen LogP) is 12.5. The van der Waals surface area contributed by atoms with Crippen LogP contribution >= 0.6 is 0 Å². The van der Waals surface area contributed by atoms with Gasteiger partial charge in [-0.3, -0.25) is 19.9 Å². The SMILES string of the molecule is Cc1c(-c2ccccn2)nc2cc(F)cc(F)c2c1Nc1cc(N2CCOCC2)cnc1-c1ccc(O)cc1.Cc1c(-c2ccccn2)nc2cc(F)cc(F)c2c1Nc1cc(N2CCOCC2)cnc1-c1ccc(O)cc1. The van der Waals surface area contributed by atoms with Gasteiger partial charge in [-0.2, -0.15) is 0 Å². The highest BCUT2D eigenvalue weighted by molar-refractivity contribution is 6.01. The van der Waals surface area contributed by atoms with E-state index < -0.39 is 23.3 Å². The molecule has 0 unspecified atom stereocenters. The zero-order valence-corrected chi connectivity index (χ0v) is 42.3. The van der Waals surface area contributed by atoms with Crippen LogP contribution in [0.15, 0.2) is 146 Å². The van der Waals surface area contributed by atoms with Gasteiger partial charge < -0.3 is 40.1 Å². The molecule has 10 aromatic rings. The minimum absolute atomic E-state index is 0.137. The summed E-state index contributed by atoms with van der Waals surface area (Å²) in [5.74, 6) is -2.60. The maximum absolute atomic E-state index is 15.4. The largest absolute Gasteiger partial charge is 0.508 e. The molecule has 2 saturated heterocycles. The Bertz CT molecular complexity index is 3560. The van der Waals surface area contributed by atoms with Crippen molar-refractivity contribution in [2.24, 2.45) is 0 Å². The summed E-state index contributed by atoms with van der Waals surface area (Å²) < 4.78 is 70.3. The average molecular weight is 1050 g/mol. The number of aromatic hydroxyl groups is 2. The number of aromatic nitrogens is 6. The minimum Gasteiger partial charge on any atom is -0.508 e. The first kappa shape index (κ1) is 50.9. The molecule has 2 fully saturated rings. The van der Waals surface area contributed by atoms with Crippen LogP contribution in [0.4, 0.5) is 51.7 Å². The van der Waals surface area contributed by atoms with Crippen LogP contribution < -0.4 is 20.4 Å². The number of nitrogens with one attached hydrogen (secondary N) is 2. The Balaban J connectivity index is 0.000000165. The first-order chi connectivity index (χ1) is 37.9. The molecule has 0 bridgehead atoms. The fourth-order valence-electron chi connectivity index (χ4n) is 9.68. The number of nitrogens with zero attached hydrogens (tertiary/aromatic N) is 8. The van der Waals surface area contributed by atoms with Crippen LogP contribution in [0, 0.1) is 37.1 Å². The normalized spacial score (nSPS) is 13.6. The molecule has 0 spiro atoms. The Kier molecular flexibility index (Phi) is 14.4. The molecule has 4 N–H and O–H groups in total. The van der Waals surface area contributed by atoms with E-state index in [1.165, 1.54) is 12.1 Å². The van der Waals surface area contributed by atoms with E-state index in [1.54, 1.807) is 85.5 Å². The molecule has 0 amide bonds. The smallest absolute Gasteiger partial charge is 0.137 e. The maximum Gasteiger partial charge on any atom is 0.137 e. The van der Waals surface area contributed by atoms with Crippen molar-refractivity contribution >= 4 is 55.9 Å². The standard InChI is InChI=1S/2C30H25F2N5O2/c2*1-18-28(24-4-2-3-9-33-24)35-25-15-20(31)14-23(32)27(25)29(18)36-26-16-21(37-10-12-39-13-11-37)17-34-30(26)19-5-7-22(38)8-6-19/h2*2-9,14-17,38H,10-13H2,1H3,(H,35,36). The summed E-state index contributed by atoms with van der Waals surface area (Å²) in [5.41, 5.74) is 10.5. The van der Waals surface area contributed by atoms with Crippen LogP contribution in [0.2, 0.25) is 0 Å². The second kappa shape index (κ2) is 22.1. The van der Waals surface area contributed by atoms with E-state index in [0.717, 1.165) is 34.6 Å². The third kappa shape index (κ3) is 10.6. The number of halogens is 4. The van der Waals surface area contributed by atoms with Gasteiger partial charge in [0.15, 0.2) is 0 Å². The fourth-order valence-corrected chi connectivity index (χ4v) is 9.68. The van der Waals surface area contributed by atoms with Crippen LogP contribution in [0.25, 0.3) is 67.1 Å².